The summed E-state index contributed by atoms with van der Waals surface area (Å²) in [5.74, 6) is 0.498. The maximum atomic E-state index is 12.9. The third-order valence-electron chi connectivity index (χ3n) is 6.33. The van der Waals surface area contributed by atoms with E-state index in [0.29, 0.717) is 5.92 Å². The van der Waals surface area contributed by atoms with E-state index in [4.69, 9.17) is 4.74 Å². The first-order chi connectivity index (χ1) is 14.6. The highest BCUT2D eigenvalue weighted by molar-refractivity contribution is 5.94. The number of hydrogen-bond donors (Lipinski definition) is 1. The molecular formula is C24H31N3O3. The largest absolute Gasteiger partial charge is 0.379 e. The van der Waals surface area contributed by atoms with Crippen LogP contribution in [0.3, 0.4) is 0 Å². The molecule has 1 aromatic heterocycles. The summed E-state index contributed by atoms with van der Waals surface area (Å²) in [5, 5.41) is 0. The molecule has 0 bridgehead atoms. The molecule has 160 valence electrons. The number of aromatic amines is 1. The molecule has 1 amide bonds. The molecule has 2 aliphatic rings. The number of H-pyrrole nitrogens is 1. The van der Waals surface area contributed by atoms with Crippen LogP contribution in [0.5, 0.6) is 0 Å². The molecule has 2 saturated heterocycles. The first-order valence-electron chi connectivity index (χ1n) is 11.0. The van der Waals surface area contributed by atoms with Gasteiger partial charge in [0.1, 0.15) is 5.56 Å². The Bertz CT molecular complexity index is 925. The highest BCUT2D eigenvalue weighted by atomic mass is 16.5. The summed E-state index contributed by atoms with van der Waals surface area (Å²) in [5.41, 5.74) is 2.74. The summed E-state index contributed by atoms with van der Waals surface area (Å²) in [7, 11) is 0. The normalized spacial score (nSPS) is 18.5. The van der Waals surface area contributed by atoms with Gasteiger partial charge in [0, 0.05) is 31.9 Å². The van der Waals surface area contributed by atoms with Crippen LogP contribution >= 0.6 is 0 Å². The number of ether oxygens (including phenoxy) is 1. The van der Waals surface area contributed by atoms with Crippen molar-refractivity contribution in [2.24, 2.45) is 5.92 Å². The van der Waals surface area contributed by atoms with Gasteiger partial charge in [0.15, 0.2) is 0 Å². The van der Waals surface area contributed by atoms with E-state index in [-0.39, 0.29) is 17.0 Å². The second kappa shape index (κ2) is 9.58. The van der Waals surface area contributed by atoms with Crippen molar-refractivity contribution < 1.29 is 9.53 Å². The smallest absolute Gasteiger partial charge is 0.261 e. The maximum absolute atomic E-state index is 12.9. The Hall–Kier alpha value is -2.44. The summed E-state index contributed by atoms with van der Waals surface area (Å²) >= 11 is 0. The van der Waals surface area contributed by atoms with Gasteiger partial charge in [0.25, 0.3) is 11.5 Å². The Labute approximate surface area is 177 Å². The van der Waals surface area contributed by atoms with E-state index < -0.39 is 0 Å². The van der Waals surface area contributed by atoms with Crippen LogP contribution in [0, 0.1) is 12.8 Å². The number of nitrogens with one attached hydrogen (secondary N) is 1. The van der Waals surface area contributed by atoms with Gasteiger partial charge in [-0.25, -0.2) is 0 Å². The molecule has 6 nitrogen and oxygen atoms in total. The van der Waals surface area contributed by atoms with Crippen LogP contribution in [-0.2, 0) is 4.74 Å². The second-order valence-corrected chi connectivity index (χ2v) is 8.46. The van der Waals surface area contributed by atoms with E-state index in [1.807, 2.05) is 42.2 Å². The summed E-state index contributed by atoms with van der Waals surface area (Å²) in [6.45, 7) is 8.31. The van der Waals surface area contributed by atoms with Crippen LogP contribution in [0.15, 0.2) is 41.2 Å². The fourth-order valence-corrected chi connectivity index (χ4v) is 4.41. The summed E-state index contributed by atoms with van der Waals surface area (Å²) in [6, 6.07) is 11.5. The Morgan fingerprint density at radius 2 is 1.87 bits per heavy atom. The molecule has 0 aliphatic carbocycles. The number of carbonyl (C=O) groups excluding carboxylic acids is 1. The lowest BCUT2D eigenvalue weighted by Gasteiger charge is -2.34. The van der Waals surface area contributed by atoms with Crippen LogP contribution < -0.4 is 5.56 Å². The van der Waals surface area contributed by atoms with Crippen LogP contribution in [0.4, 0.5) is 0 Å². The van der Waals surface area contributed by atoms with Crippen molar-refractivity contribution in [3.63, 3.8) is 0 Å². The van der Waals surface area contributed by atoms with E-state index >= 15 is 0 Å². The molecule has 0 radical (unpaired) electrons. The molecule has 0 atom stereocenters. The Morgan fingerprint density at radius 1 is 1.10 bits per heavy atom. The van der Waals surface area contributed by atoms with Gasteiger partial charge in [-0.1, -0.05) is 23.8 Å². The maximum Gasteiger partial charge on any atom is 0.261 e. The SMILES string of the molecule is Cc1cccc(-c2ccc(C(=O)N3CCC(CCN4CCOCC4)CC3)c(=O)[nH]2)c1. The van der Waals surface area contributed by atoms with Gasteiger partial charge in [-0.2, -0.15) is 0 Å². The average molecular weight is 410 g/mol. The molecule has 0 unspecified atom stereocenters. The van der Waals surface area contributed by atoms with Gasteiger partial charge in [-0.15, -0.1) is 0 Å². The zero-order chi connectivity index (χ0) is 20.9. The van der Waals surface area contributed by atoms with Gasteiger partial charge in [0.05, 0.1) is 13.2 Å². The number of nitrogens with zero attached hydrogens (tertiary/aromatic N) is 2. The van der Waals surface area contributed by atoms with Gasteiger partial charge >= 0.3 is 0 Å². The van der Waals surface area contributed by atoms with Crippen molar-refractivity contribution in [1.29, 1.82) is 0 Å². The third kappa shape index (κ3) is 4.99. The van der Waals surface area contributed by atoms with Crippen LogP contribution in [0.1, 0.15) is 35.2 Å². The molecule has 2 fully saturated rings. The Kier molecular flexibility index (Phi) is 6.65. The number of rotatable bonds is 5. The predicted molar refractivity (Wildman–Crippen MR) is 118 cm³/mol. The zero-order valence-electron chi connectivity index (χ0n) is 17.7. The zero-order valence-corrected chi connectivity index (χ0v) is 17.7. The van der Waals surface area contributed by atoms with E-state index in [1.54, 1.807) is 6.07 Å². The summed E-state index contributed by atoms with van der Waals surface area (Å²) in [4.78, 5) is 32.7. The molecule has 6 heteroatoms. The molecule has 0 saturated carbocycles. The first kappa shape index (κ1) is 20.8. The monoisotopic (exact) mass is 409 g/mol. The number of pyridine rings is 1. The molecule has 4 rings (SSSR count). The lowest BCUT2D eigenvalue weighted by atomic mass is 9.93. The lowest BCUT2D eigenvalue weighted by Crippen LogP contribution is -2.42. The summed E-state index contributed by atoms with van der Waals surface area (Å²) in [6.07, 6.45) is 3.19. The van der Waals surface area contributed by atoms with E-state index in [0.717, 1.165) is 75.6 Å². The van der Waals surface area contributed by atoms with Crippen molar-refractivity contribution in [2.45, 2.75) is 26.2 Å². The van der Waals surface area contributed by atoms with Gasteiger partial charge in [0.2, 0.25) is 0 Å². The van der Waals surface area contributed by atoms with Crippen LogP contribution in [0.2, 0.25) is 0 Å². The minimum Gasteiger partial charge on any atom is -0.379 e. The van der Waals surface area contributed by atoms with Crippen molar-refractivity contribution in [1.82, 2.24) is 14.8 Å². The highest BCUT2D eigenvalue weighted by Crippen LogP contribution is 2.23. The fraction of sp³-hybridized carbons (Fsp3) is 0.500. The van der Waals surface area contributed by atoms with Crippen molar-refractivity contribution >= 4 is 5.91 Å². The van der Waals surface area contributed by atoms with Crippen LogP contribution in [-0.4, -0.2) is 66.6 Å². The quantitative estimate of drug-likeness (QED) is 0.825. The fourth-order valence-electron chi connectivity index (χ4n) is 4.41. The van der Waals surface area contributed by atoms with E-state index in [1.165, 1.54) is 6.42 Å². The molecule has 2 aliphatic heterocycles. The number of benzene rings is 1. The van der Waals surface area contributed by atoms with Crippen molar-refractivity contribution in [3.8, 4) is 11.3 Å². The third-order valence-corrected chi connectivity index (χ3v) is 6.33. The predicted octanol–water partition coefficient (Wildman–Crippen LogP) is 2.92. The van der Waals surface area contributed by atoms with E-state index in [9.17, 15) is 9.59 Å². The summed E-state index contributed by atoms with van der Waals surface area (Å²) < 4.78 is 5.41. The molecule has 30 heavy (non-hydrogen) atoms. The number of hydrogen-bond acceptors (Lipinski definition) is 4. The number of aromatic nitrogens is 1. The Morgan fingerprint density at radius 3 is 2.57 bits per heavy atom. The van der Waals surface area contributed by atoms with Crippen LogP contribution in [0.25, 0.3) is 11.3 Å². The number of likely N-dealkylation sites (tertiary alicyclic amines) is 1. The number of morpholine rings is 1. The Balaban J connectivity index is 1.33. The topological polar surface area (TPSA) is 65.6 Å². The minimum absolute atomic E-state index is 0.154. The molecular weight excluding hydrogens is 378 g/mol. The molecule has 1 aromatic carbocycles. The molecule has 3 heterocycles. The minimum atomic E-state index is -0.312. The number of carbonyl (C=O) groups is 1. The van der Waals surface area contributed by atoms with Crippen molar-refractivity contribution in [3.05, 3.63) is 57.9 Å². The standard InChI is InChI=1S/C24H31N3O3/c1-18-3-2-4-20(17-18)22-6-5-21(23(28)25-22)24(29)27-11-8-19(9-12-27)7-10-26-13-15-30-16-14-26/h2-6,17,19H,7-16H2,1H3,(H,25,28). The first-order valence-corrected chi connectivity index (χ1v) is 11.0. The average Bonchev–Trinajstić information content (AvgIpc) is 2.78. The van der Waals surface area contributed by atoms with E-state index in [2.05, 4.69) is 9.88 Å². The van der Waals surface area contributed by atoms with Gasteiger partial charge < -0.3 is 14.6 Å². The van der Waals surface area contributed by atoms with Gasteiger partial charge in [-0.3, -0.25) is 14.5 Å². The molecule has 0 spiro atoms. The second-order valence-electron chi connectivity index (χ2n) is 8.46. The number of amides is 1. The highest BCUT2D eigenvalue weighted by Gasteiger charge is 2.25. The van der Waals surface area contributed by atoms with Gasteiger partial charge in [-0.05, 0) is 62.4 Å². The number of piperidine rings is 1. The van der Waals surface area contributed by atoms with Crippen molar-refractivity contribution in [2.75, 3.05) is 45.9 Å². The lowest BCUT2D eigenvalue weighted by molar-refractivity contribution is 0.0332. The number of aryl methyl sites for hydroxylation is 1. The molecule has 1 N–H and O–H groups in total. The molecule has 2 aromatic rings.